The molecule has 0 aromatic carbocycles. The van der Waals surface area contributed by atoms with Crippen molar-refractivity contribution in [2.24, 2.45) is 0 Å². The molecule has 0 aromatic rings. The summed E-state index contributed by atoms with van der Waals surface area (Å²) in [5.74, 6) is 0. The van der Waals surface area contributed by atoms with Crippen LogP contribution < -0.4 is 0 Å². The Hall–Kier alpha value is -1.02. The molecule has 3 fully saturated rings. The lowest BCUT2D eigenvalue weighted by Crippen LogP contribution is -2.46. The molecule has 2 saturated heterocycles. The van der Waals surface area contributed by atoms with Crippen LogP contribution in [0.5, 0.6) is 0 Å². The predicted octanol–water partition coefficient (Wildman–Crippen LogP) is 0.968. The van der Waals surface area contributed by atoms with E-state index in [-0.39, 0.29) is 6.79 Å². The molecule has 1 aliphatic carbocycles. The number of carbonyl (C=O) groups excluding carboxylic acids is 1. The third-order valence-corrected chi connectivity index (χ3v) is 3.01. The van der Waals surface area contributed by atoms with E-state index in [0.29, 0.717) is 6.42 Å². The van der Waals surface area contributed by atoms with Gasteiger partial charge in [-0.25, -0.2) is 4.79 Å². The Balaban J connectivity index is 1.86. The molecule has 1 saturated carbocycles. The van der Waals surface area contributed by atoms with Gasteiger partial charge in [0.15, 0.2) is 6.10 Å². The van der Waals surface area contributed by atoms with Crippen LogP contribution in [0.4, 0.5) is 18.0 Å². The molecule has 0 radical (unpaired) electrons. The summed E-state index contributed by atoms with van der Waals surface area (Å²) in [6, 6.07) is 0. The SMILES string of the molecule is O=C1OC(C(F)(F)F)C(C23CC2OCO3)O1. The first kappa shape index (κ1) is 10.2. The van der Waals surface area contributed by atoms with Crippen LogP contribution in [0.15, 0.2) is 0 Å². The molecule has 2 heterocycles. The lowest BCUT2D eigenvalue weighted by atomic mass is 10.1. The second-order valence-electron chi connectivity index (χ2n) is 3.95. The van der Waals surface area contributed by atoms with Crippen molar-refractivity contribution in [2.75, 3.05) is 6.79 Å². The van der Waals surface area contributed by atoms with Gasteiger partial charge < -0.3 is 18.9 Å². The second kappa shape index (κ2) is 2.80. The fraction of sp³-hybridized carbons (Fsp3) is 0.875. The third kappa shape index (κ3) is 1.23. The van der Waals surface area contributed by atoms with Crippen LogP contribution in [0, 0.1) is 0 Å². The number of hydrogen-bond acceptors (Lipinski definition) is 5. The molecule has 4 unspecified atom stereocenters. The zero-order valence-corrected chi connectivity index (χ0v) is 7.82. The van der Waals surface area contributed by atoms with E-state index in [4.69, 9.17) is 9.47 Å². The lowest BCUT2D eigenvalue weighted by molar-refractivity contribution is -0.215. The van der Waals surface area contributed by atoms with E-state index in [1.165, 1.54) is 0 Å². The quantitative estimate of drug-likeness (QED) is 0.639. The van der Waals surface area contributed by atoms with Crippen LogP contribution in [0.2, 0.25) is 0 Å². The van der Waals surface area contributed by atoms with Crippen LogP contribution in [-0.4, -0.2) is 43.0 Å². The van der Waals surface area contributed by atoms with Gasteiger partial charge >= 0.3 is 12.3 Å². The van der Waals surface area contributed by atoms with Gasteiger partial charge in [0.25, 0.3) is 0 Å². The minimum atomic E-state index is -4.66. The molecular formula is C8H7F3O5. The number of ether oxygens (including phenoxy) is 4. The molecule has 0 amide bonds. The van der Waals surface area contributed by atoms with Crippen molar-refractivity contribution in [3.63, 3.8) is 0 Å². The predicted molar refractivity (Wildman–Crippen MR) is 39.4 cm³/mol. The summed E-state index contributed by atoms with van der Waals surface area (Å²) in [5, 5.41) is 0. The zero-order chi connectivity index (χ0) is 11.6. The number of hydrogen-bond donors (Lipinski definition) is 0. The van der Waals surface area contributed by atoms with Gasteiger partial charge in [0.05, 0.1) is 6.10 Å². The molecule has 4 atom stereocenters. The summed E-state index contributed by atoms with van der Waals surface area (Å²) in [4.78, 5) is 10.8. The first-order chi connectivity index (χ1) is 7.43. The third-order valence-electron chi connectivity index (χ3n) is 3.01. The Morgan fingerprint density at radius 1 is 1.31 bits per heavy atom. The molecule has 0 bridgehead atoms. The zero-order valence-electron chi connectivity index (χ0n) is 7.82. The summed E-state index contributed by atoms with van der Waals surface area (Å²) < 4.78 is 56.5. The van der Waals surface area contributed by atoms with Crippen molar-refractivity contribution < 1.29 is 36.9 Å². The van der Waals surface area contributed by atoms with E-state index in [1.807, 2.05) is 0 Å². The highest BCUT2D eigenvalue weighted by atomic mass is 19.4. The van der Waals surface area contributed by atoms with Crippen molar-refractivity contribution >= 4 is 6.16 Å². The van der Waals surface area contributed by atoms with E-state index in [2.05, 4.69) is 9.47 Å². The van der Waals surface area contributed by atoms with Crippen molar-refractivity contribution in [3.8, 4) is 0 Å². The highest BCUT2D eigenvalue weighted by Gasteiger charge is 2.74. The fourth-order valence-electron chi connectivity index (χ4n) is 2.14. The molecule has 90 valence electrons. The van der Waals surface area contributed by atoms with E-state index in [0.717, 1.165) is 0 Å². The van der Waals surface area contributed by atoms with Crippen molar-refractivity contribution in [2.45, 2.75) is 36.5 Å². The van der Waals surface area contributed by atoms with Crippen LogP contribution in [0.1, 0.15) is 6.42 Å². The lowest BCUT2D eigenvalue weighted by Gasteiger charge is -2.23. The highest BCUT2D eigenvalue weighted by molar-refractivity contribution is 5.63. The van der Waals surface area contributed by atoms with Crippen molar-refractivity contribution in [1.82, 2.24) is 0 Å². The largest absolute Gasteiger partial charge is 0.509 e. The molecule has 5 nitrogen and oxygen atoms in total. The molecule has 8 heteroatoms. The fourth-order valence-corrected chi connectivity index (χ4v) is 2.14. The van der Waals surface area contributed by atoms with E-state index < -0.39 is 36.2 Å². The summed E-state index contributed by atoms with van der Waals surface area (Å²) >= 11 is 0. The normalized spacial score (nSPS) is 46.2. The summed E-state index contributed by atoms with van der Waals surface area (Å²) in [6.45, 7) is -0.0801. The van der Waals surface area contributed by atoms with Gasteiger partial charge in [-0.2, -0.15) is 13.2 Å². The monoisotopic (exact) mass is 240 g/mol. The second-order valence-corrected chi connectivity index (χ2v) is 3.95. The number of fused-ring (bicyclic) bond motifs is 1. The summed E-state index contributed by atoms with van der Waals surface area (Å²) in [6.07, 6.45) is -9.86. The van der Waals surface area contributed by atoms with Gasteiger partial charge in [0, 0.05) is 6.42 Å². The maximum absolute atomic E-state index is 12.6. The minimum absolute atomic E-state index is 0.0801. The van der Waals surface area contributed by atoms with Gasteiger partial charge in [-0.15, -0.1) is 0 Å². The first-order valence-corrected chi connectivity index (χ1v) is 4.63. The Morgan fingerprint density at radius 2 is 2.06 bits per heavy atom. The molecule has 16 heavy (non-hydrogen) atoms. The van der Waals surface area contributed by atoms with Gasteiger partial charge in [0.1, 0.15) is 12.4 Å². The van der Waals surface area contributed by atoms with Gasteiger partial charge in [0.2, 0.25) is 6.10 Å². The number of halogens is 3. The Morgan fingerprint density at radius 3 is 2.56 bits per heavy atom. The smallest absolute Gasteiger partial charge is 0.423 e. The first-order valence-electron chi connectivity index (χ1n) is 4.63. The van der Waals surface area contributed by atoms with Crippen LogP contribution >= 0.6 is 0 Å². The Kier molecular flexibility index (Phi) is 1.78. The molecular weight excluding hydrogens is 233 g/mol. The Bertz CT molecular complexity index is 343. The molecule has 0 spiro atoms. The summed E-state index contributed by atoms with van der Waals surface area (Å²) in [5.41, 5.74) is -1.16. The minimum Gasteiger partial charge on any atom is -0.423 e. The highest BCUT2D eigenvalue weighted by Crippen LogP contribution is 2.54. The van der Waals surface area contributed by atoms with Crippen molar-refractivity contribution in [3.05, 3.63) is 0 Å². The number of alkyl halides is 3. The van der Waals surface area contributed by atoms with Crippen LogP contribution in [-0.2, 0) is 18.9 Å². The van der Waals surface area contributed by atoms with E-state index in [1.54, 1.807) is 0 Å². The summed E-state index contributed by atoms with van der Waals surface area (Å²) in [7, 11) is 0. The average Bonchev–Trinajstić information content (AvgIpc) is 2.59. The topological polar surface area (TPSA) is 54.0 Å². The molecule has 3 aliphatic rings. The molecule has 0 aromatic heterocycles. The molecule has 2 aliphatic heterocycles. The van der Waals surface area contributed by atoms with Gasteiger partial charge in [-0.1, -0.05) is 0 Å². The van der Waals surface area contributed by atoms with E-state index in [9.17, 15) is 18.0 Å². The van der Waals surface area contributed by atoms with E-state index >= 15 is 0 Å². The van der Waals surface area contributed by atoms with Crippen LogP contribution in [0.25, 0.3) is 0 Å². The molecule has 3 rings (SSSR count). The molecule has 0 N–H and O–H groups in total. The van der Waals surface area contributed by atoms with Crippen LogP contribution in [0.3, 0.4) is 0 Å². The van der Waals surface area contributed by atoms with Gasteiger partial charge in [-0.3, -0.25) is 0 Å². The standard InChI is InChI=1S/C8H7F3O5/c9-8(10,11)5-4(15-6(12)16-5)7-1-3(7)13-2-14-7/h3-5H,1-2H2. The maximum atomic E-state index is 12.6. The van der Waals surface area contributed by atoms with Crippen molar-refractivity contribution in [1.29, 1.82) is 0 Å². The average molecular weight is 240 g/mol. The number of cyclic esters (lactones) is 2. The maximum Gasteiger partial charge on any atom is 0.509 e. The number of carbonyl (C=O) groups is 1. The van der Waals surface area contributed by atoms with Gasteiger partial charge in [-0.05, 0) is 0 Å². The number of rotatable bonds is 1. The Labute approximate surface area is 87.4 Å².